The Bertz CT molecular complexity index is 998. The van der Waals surface area contributed by atoms with Gasteiger partial charge in [0.2, 0.25) is 5.91 Å². The van der Waals surface area contributed by atoms with Crippen molar-refractivity contribution in [3.63, 3.8) is 0 Å². The number of nitrogens with zero attached hydrogens (tertiary/aromatic N) is 3. The predicted molar refractivity (Wildman–Crippen MR) is 97.8 cm³/mol. The fourth-order valence-electron chi connectivity index (χ4n) is 3.84. The molecular weight excluding hydrogens is 314 g/mol. The molecular formula is C20H21N3O2. The zero-order valence-corrected chi connectivity index (χ0v) is 15.2. The lowest BCUT2D eigenvalue weighted by atomic mass is 9.96. The van der Waals surface area contributed by atoms with Crippen LogP contribution in [0.5, 0.6) is 0 Å². The van der Waals surface area contributed by atoms with E-state index in [9.17, 15) is 4.79 Å². The Morgan fingerprint density at radius 1 is 1.20 bits per heavy atom. The van der Waals surface area contributed by atoms with Crippen molar-refractivity contribution in [2.75, 3.05) is 4.90 Å². The van der Waals surface area contributed by atoms with E-state index >= 15 is 0 Å². The zero-order chi connectivity index (χ0) is 17.9. The molecule has 0 atom stereocenters. The number of pyridine rings is 1. The Morgan fingerprint density at radius 2 is 1.96 bits per heavy atom. The summed E-state index contributed by atoms with van der Waals surface area (Å²) in [5.41, 5.74) is 7.02. The summed E-state index contributed by atoms with van der Waals surface area (Å²) < 4.78 is 5.33. The minimum atomic E-state index is 0.127. The number of carbonyl (C=O) groups excluding carboxylic acids is 1. The maximum absolute atomic E-state index is 12.4. The summed E-state index contributed by atoms with van der Waals surface area (Å²) in [6, 6.07) is 4.34. The maximum Gasteiger partial charge on any atom is 0.231 e. The van der Waals surface area contributed by atoms with Crippen molar-refractivity contribution in [1.29, 1.82) is 0 Å². The molecule has 0 unspecified atom stereocenters. The van der Waals surface area contributed by atoms with Gasteiger partial charge in [-0.2, -0.15) is 0 Å². The Morgan fingerprint density at radius 3 is 2.60 bits per heavy atom. The van der Waals surface area contributed by atoms with E-state index in [0.29, 0.717) is 6.42 Å². The molecule has 3 heterocycles. The molecule has 4 rings (SSSR count). The molecule has 1 aliphatic rings. The molecule has 0 aliphatic carbocycles. The van der Waals surface area contributed by atoms with Gasteiger partial charge in [-0.1, -0.05) is 5.16 Å². The SMILES string of the molecule is Cc1cc2c3c(cnc2cc1-c1c(C)noc1C)CC(=O)N3C(C)C. The van der Waals surface area contributed by atoms with Gasteiger partial charge in [-0.05, 0) is 57.9 Å². The fourth-order valence-corrected chi connectivity index (χ4v) is 3.84. The van der Waals surface area contributed by atoms with Gasteiger partial charge in [-0.3, -0.25) is 9.78 Å². The number of amides is 1. The molecule has 0 radical (unpaired) electrons. The smallest absolute Gasteiger partial charge is 0.231 e. The van der Waals surface area contributed by atoms with E-state index in [2.05, 4.69) is 29.2 Å². The summed E-state index contributed by atoms with van der Waals surface area (Å²) in [6.45, 7) is 10.0. The number of fused-ring (bicyclic) bond motifs is 3. The van der Waals surface area contributed by atoms with Crippen molar-refractivity contribution in [3.05, 3.63) is 40.9 Å². The Labute approximate surface area is 146 Å². The third-order valence-corrected chi connectivity index (χ3v) is 4.93. The number of hydrogen-bond acceptors (Lipinski definition) is 4. The van der Waals surface area contributed by atoms with Crippen LogP contribution in [0, 0.1) is 20.8 Å². The van der Waals surface area contributed by atoms with E-state index in [1.807, 2.05) is 38.8 Å². The number of hydrogen-bond donors (Lipinski definition) is 0. The van der Waals surface area contributed by atoms with E-state index in [1.54, 1.807) is 0 Å². The average molecular weight is 335 g/mol. The van der Waals surface area contributed by atoms with Gasteiger partial charge in [0, 0.05) is 28.8 Å². The standard InChI is InChI=1S/C20H21N3O2/c1-10(2)23-18(24)7-14-9-21-17-8-15(11(3)6-16(17)20(14)23)19-12(4)22-25-13(19)5/h6,8-10H,7H2,1-5H3. The summed E-state index contributed by atoms with van der Waals surface area (Å²) in [7, 11) is 0. The van der Waals surface area contributed by atoms with Crippen LogP contribution in [0.3, 0.4) is 0 Å². The molecule has 0 bridgehead atoms. The minimum Gasteiger partial charge on any atom is -0.361 e. The largest absolute Gasteiger partial charge is 0.361 e. The van der Waals surface area contributed by atoms with Gasteiger partial charge in [-0.15, -0.1) is 0 Å². The first-order chi connectivity index (χ1) is 11.9. The number of carbonyl (C=O) groups is 1. The third kappa shape index (κ3) is 2.26. The van der Waals surface area contributed by atoms with Crippen LogP contribution in [-0.2, 0) is 11.2 Å². The van der Waals surface area contributed by atoms with Gasteiger partial charge in [0.1, 0.15) is 5.76 Å². The van der Waals surface area contributed by atoms with Crippen LogP contribution in [-0.4, -0.2) is 22.1 Å². The highest BCUT2D eigenvalue weighted by Crippen LogP contribution is 2.40. The molecule has 1 aliphatic heterocycles. The Balaban J connectivity index is 1.99. The fraction of sp³-hybridized carbons (Fsp3) is 0.350. The number of aromatic nitrogens is 2. The minimum absolute atomic E-state index is 0.127. The molecule has 1 aromatic carbocycles. The highest BCUT2D eigenvalue weighted by molar-refractivity contribution is 6.10. The van der Waals surface area contributed by atoms with Crippen LogP contribution in [0.4, 0.5) is 5.69 Å². The van der Waals surface area contributed by atoms with Crippen LogP contribution in [0.15, 0.2) is 22.9 Å². The summed E-state index contributed by atoms with van der Waals surface area (Å²) >= 11 is 0. The van der Waals surface area contributed by atoms with Crippen molar-refractivity contribution >= 4 is 22.5 Å². The average Bonchev–Trinajstić information content (AvgIpc) is 3.06. The highest BCUT2D eigenvalue weighted by atomic mass is 16.5. The molecule has 25 heavy (non-hydrogen) atoms. The van der Waals surface area contributed by atoms with Gasteiger partial charge in [-0.25, -0.2) is 0 Å². The molecule has 5 heteroatoms. The lowest BCUT2D eigenvalue weighted by Crippen LogP contribution is -2.33. The van der Waals surface area contributed by atoms with Crippen LogP contribution < -0.4 is 4.90 Å². The number of rotatable bonds is 2. The van der Waals surface area contributed by atoms with Crippen LogP contribution >= 0.6 is 0 Å². The summed E-state index contributed by atoms with van der Waals surface area (Å²) in [6.07, 6.45) is 2.27. The van der Waals surface area contributed by atoms with Gasteiger partial charge < -0.3 is 9.42 Å². The van der Waals surface area contributed by atoms with E-state index < -0.39 is 0 Å². The molecule has 0 spiro atoms. The Kier molecular flexibility index (Phi) is 3.42. The molecule has 2 aromatic heterocycles. The quantitative estimate of drug-likeness (QED) is 0.707. The molecule has 5 nitrogen and oxygen atoms in total. The van der Waals surface area contributed by atoms with Gasteiger partial charge >= 0.3 is 0 Å². The summed E-state index contributed by atoms with van der Waals surface area (Å²) in [4.78, 5) is 18.9. The first-order valence-corrected chi connectivity index (χ1v) is 8.56. The third-order valence-electron chi connectivity index (χ3n) is 4.93. The van der Waals surface area contributed by atoms with Gasteiger partial charge in [0.05, 0.1) is 23.3 Å². The first kappa shape index (κ1) is 15.8. The zero-order valence-electron chi connectivity index (χ0n) is 15.2. The van der Waals surface area contributed by atoms with E-state index in [1.165, 1.54) is 0 Å². The predicted octanol–water partition coefficient (Wildman–Crippen LogP) is 4.11. The summed E-state index contributed by atoms with van der Waals surface area (Å²) in [5, 5.41) is 5.10. The second-order valence-corrected chi connectivity index (χ2v) is 7.05. The van der Waals surface area contributed by atoms with Crippen molar-refractivity contribution in [3.8, 4) is 11.1 Å². The summed E-state index contributed by atoms with van der Waals surface area (Å²) in [5.74, 6) is 0.951. The lowest BCUT2D eigenvalue weighted by Gasteiger charge is -2.23. The van der Waals surface area contributed by atoms with Crippen molar-refractivity contribution in [2.45, 2.75) is 47.1 Å². The Hall–Kier alpha value is -2.69. The van der Waals surface area contributed by atoms with Crippen LogP contribution in [0.2, 0.25) is 0 Å². The molecule has 0 saturated carbocycles. The van der Waals surface area contributed by atoms with Gasteiger partial charge in [0.15, 0.2) is 0 Å². The number of benzene rings is 1. The van der Waals surface area contributed by atoms with Crippen molar-refractivity contribution < 1.29 is 9.32 Å². The number of anilines is 1. The second-order valence-electron chi connectivity index (χ2n) is 7.05. The van der Waals surface area contributed by atoms with Crippen molar-refractivity contribution in [2.24, 2.45) is 0 Å². The second kappa shape index (κ2) is 5.41. The van der Waals surface area contributed by atoms with E-state index in [4.69, 9.17) is 4.52 Å². The van der Waals surface area contributed by atoms with Gasteiger partial charge in [0.25, 0.3) is 0 Å². The molecule has 0 fully saturated rings. The van der Waals surface area contributed by atoms with Crippen molar-refractivity contribution in [1.82, 2.24) is 10.1 Å². The molecule has 1 amide bonds. The maximum atomic E-state index is 12.4. The molecule has 3 aromatic rings. The van der Waals surface area contributed by atoms with E-state index in [0.717, 1.165) is 50.3 Å². The topological polar surface area (TPSA) is 59.2 Å². The first-order valence-electron chi connectivity index (χ1n) is 8.56. The van der Waals surface area contributed by atoms with E-state index in [-0.39, 0.29) is 11.9 Å². The molecule has 0 saturated heterocycles. The lowest BCUT2D eigenvalue weighted by molar-refractivity contribution is -0.117. The van der Waals surface area contributed by atoms with Crippen LogP contribution in [0.1, 0.15) is 36.4 Å². The molecule has 128 valence electrons. The normalized spacial score (nSPS) is 14.0. The highest BCUT2D eigenvalue weighted by Gasteiger charge is 2.31. The molecule has 0 N–H and O–H groups in total. The monoisotopic (exact) mass is 335 g/mol. The van der Waals surface area contributed by atoms with Crippen LogP contribution in [0.25, 0.3) is 22.0 Å². The number of aryl methyl sites for hydroxylation is 3.